The summed E-state index contributed by atoms with van der Waals surface area (Å²) in [7, 11) is 1.54. The van der Waals surface area contributed by atoms with Gasteiger partial charge in [0.15, 0.2) is 17.5 Å². The number of methoxy groups -OCH3 is 1. The summed E-state index contributed by atoms with van der Waals surface area (Å²) in [6.45, 7) is 1.33. The summed E-state index contributed by atoms with van der Waals surface area (Å²) in [4.78, 5) is 7.64. The van der Waals surface area contributed by atoms with Crippen LogP contribution < -0.4 is 10.5 Å². The second-order valence-electron chi connectivity index (χ2n) is 4.85. The molecule has 0 spiro atoms. The Labute approximate surface area is 127 Å². The molecule has 21 heavy (non-hydrogen) atoms. The molecule has 2 aromatic rings. The van der Waals surface area contributed by atoms with Crippen molar-refractivity contribution >= 4 is 17.3 Å². The molecule has 1 aromatic heterocycles. The zero-order valence-electron chi connectivity index (χ0n) is 11.7. The van der Waals surface area contributed by atoms with Crippen LogP contribution in [0.3, 0.4) is 0 Å². The maximum Gasteiger partial charge on any atom is 0.192 e. The van der Waals surface area contributed by atoms with Crippen LogP contribution in [0.15, 0.2) is 40.7 Å². The molecular weight excluding hydrogens is 286 g/mol. The molecule has 3 rings (SSSR count). The minimum Gasteiger partial charge on any atom is -0.504 e. The topological polar surface area (TPSA) is 71.1 Å². The maximum atomic E-state index is 9.95. The number of hydrogen-bond acceptors (Lipinski definition) is 6. The zero-order chi connectivity index (χ0) is 14.8. The van der Waals surface area contributed by atoms with E-state index in [1.54, 1.807) is 23.5 Å². The van der Waals surface area contributed by atoms with Gasteiger partial charge in [-0.15, -0.1) is 11.3 Å². The molecule has 1 unspecified atom stereocenters. The number of aromatic hydroxyl groups is 1. The van der Waals surface area contributed by atoms with E-state index in [1.165, 1.54) is 12.0 Å². The Morgan fingerprint density at radius 1 is 1.48 bits per heavy atom. The summed E-state index contributed by atoms with van der Waals surface area (Å²) in [5, 5.41) is 12.0. The first kappa shape index (κ1) is 13.8. The van der Waals surface area contributed by atoms with Crippen LogP contribution >= 0.6 is 11.3 Å². The minimum absolute atomic E-state index is 0.0453. The standard InChI is InChI=1S/C15H17N3O2S/c1-20-14-5-4-10(7-13(14)19)12-8-17-15(16)18(12)9-11-3-2-6-21-11/h2-7,12,19H,8-9H2,1H3,(H2,16,17). The number of nitrogens with zero attached hydrogens (tertiary/aromatic N) is 2. The molecule has 0 saturated carbocycles. The lowest BCUT2D eigenvalue weighted by Crippen LogP contribution is -2.35. The molecule has 1 aliphatic heterocycles. The highest BCUT2D eigenvalue weighted by Gasteiger charge is 2.28. The van der Waals surface area contributed by atoms with E-state index in [0.29, 0.717) is 18.3 Å². The van der Waals surface area contributed by atoms with Crippen molar-refractivity contribution < 1.29 is 9.84 Å². The molecule has 1 aromatic carbocycles. The average Bonchev–Trinajstić information content (AvgIpc) is 3.11. The maximum absolute atomic E-state index is 9.95. The lowest BCUT2D eigenvalue weighted by Gasteiger charge is -2.26. The summed E-state index contributed by atoms with van der Waals surface area (Å²) in [5.74, 6) is 1.15. The number of nitrogens with two attached hydrogens (primary N) is 1. The van der Waals surface area contributed by atoms with E-state index in [9.17, 15) is 5.11 Å². The van der Waals surface area contributed by atoms with Gasteiger partial charge >= 0.3 is 0 Å². The van der Waals surface area contributed by atoms with Crippen LogP contribution in [-0.2, 0) is 6.54 Å². The third-order valence-corrected chi connectivity index (χ3v) is 4.45. The minimum atomic E-state index is 0.0453. The Balaban J connectivity index is 1.85. The van der Waals surface area contributed by atoms with Crippen molar-refractivity contribution in [1.29, 1.82) is 0 Å². The van der Waals surface area contributed by atoms with Crippen molar-refractivity contribution in [3.8, 4) is 11.5 Å². The van der Waals surface area contributed by atoms with Gasteiger partial charge in [0.1, 0.15) is 0 Å². The molecule has 6 heteroatoms. The predicted molar refractivity (Wildman–Crippen MR) is 83.8 cm³/mol. The lowest BCUT2D eigenvalue weighted by atomic mass is 10.1. The second-order valence-corrected chi connectivity index (χ2v) is 5.89. The SMILES string of the molecule is COc1ccc(C2CN=C(N)N2Cc2cccs2)cc1O. The van der Waals surface area contributed by atoms with Gasteiger partial charge in [-0.2, -0.15) is 0 Å². The zero-order valence-corrected chi connectivity index (χ0v) is 12.5. The molecular formula is C15H17N3O2S. The Bertz CT molecular complexity index is 655. The lowest BCUT2D eigenvalue weighted by molar-refractivity contribution is 0.339. The van der Waals surface area contributed by atoms with Gasteiger partial charge in [0, 0.05) is 4.88 Å². The van der Waals surface area contributed by atoms with Gasteiger partial charge in [0.25, 0.3) is 0 Å². The van der Waals surface area contributed by atoms with Crippen molar-refractivity contribution in [2.45, 2.75) is 12.6 Å². The van der Waals surface area contributed by atoms with Gasteiger partial charge < -0.3 is 20.5 Å². The highest BCUT2D eigenvalue weighted by atomic mass is 32.1. The van der Waals surface area contributed by atoms with E-state index in [4.69, 9.17) is 10.5 Å². The third kappa shape index (κ3) is 2.67. The number of benzene rings is 1. The normalized spacial score (nSPS) is 17.9. The van der Waals surface area contributed by atoms with E-state index in [2.05, 4.69) is 16.0 Å². The fourth-order valence-electron chi connectivity index (χ4n) is 2.49. The number of phenols is 1. The van der Waals surface area contributed by atoms with Crippen LogP contribution in [-0.4, -0.2) is 29.6 Å². The summed E-state index contributed by atoms with van der Waals surface area (Å²) < 4.78 is 5.08. The largest absolute Gasteiger partial charge is 0.504 e. The molecule has 1 atom stereocenters. The Morgan fingerprint density at radius 2 is 2.33 bits per heavy atom. The quantitative estimate of drug-likeness (QED) is 0.909. The van der Waals surface area contributed by atoms with Gasteiger partial charge in [0.2, 0.25) is 0 Å². The number of hydrogen-bond donors (Lipinski definition) is 2. The summed E-state index contributed by atoms with van der Waals surface area (Å²) in [5.41, 5.74) is 6.99. The Hall–Kier alpha value is -2.21. The number of thiophene rings is 1. The molecule has 0 aliphatic carbocycles. The monoisotopic (exact) mass is 303 g/mol. The molecule has 2 heterocycles. The van der Waals surface area contributed by atoms with E-state index >= 15 is 0 Å². The third-order valence-electron chi connectivity index (χ3n) is 3.59. The molecule has 0 fully saturated rings. The number of phenolic OH excluding ortho intramolecular Hbond substituents is 1. The second kappa shape index (κ2) is 5.65. The number of aliphatic imine (C=N–C) groups is 1. The van der Waals surface area contributed by atoms with Gasteiger partial charge in [0.05, 0.1) is 26.2 Å². The Morgan fingerprint density at radius 3 is 3.00 bits per heavy atom. The average molecular weight is 303 g/mol. The molecule has 0 amide bonds. The van der Waals surface area contributed by atoms with Crippen molar-refractivity contribution in [2.75, 3.05) is 13.7 Å². The molecule has 0 saturated heterocycles. The van der Waals surface area contributed by atoms with Crippen molar-refractivity contribution in [3.05, 3.63) is 46.2 Å². The van der Waals surface area contributed by atoms with Gasteiger partial charge in [-0.25, -0.2) is 0 Å². The van der Waals surface area contributed by atoms with Gasteiger partial charge in [-0.05, 0) is 29.1 Å². The molecule has 110 valence electrons. The van der Waals surface area contributed by atoms with Crippen LogP contribution in [0.1, 0.15) is 16.5 Å². The van der Waals surface area contributed by atoms with E-state index in [1.807, 2.05) is 17.5 Å². The first-order chi connectivity index (χ1) is 10.2. The van der Waals surface area contributed by atoms with Crippen molar-refractivity contribution in [3.63, 3.8) is 0 Å². The van der Waals surface area contributed by atoms with Gasteiger partial charge in [-0.3, -0.25) is 4.99 Å². The Kier molecular flexibility index (Phi) is 3.70. The smallest absolute Gasteiger partial charge is 0.192 e. The predicted octanol–water partition coefficient (Wildman–Crippen LogP) is 2.33. The fraction of sp³-hybridized carbons (Fsp3) is 0.267. The van der Waals surface area contributed by atoms with Crippen LogP contribution in [0.25, 0.3) is 0 Å². The van der Waals surface area contributed by atoms with E-state index in [-0.39, 0.29) is 11.8 Å². The van der Waals surface area contributed by atoms with Crippen LogP contribution in [0.2, 0.25) is 0 Å². The first-order valence-electron chi connectivity index (χ1n) is 6.65. The van der Waals surface area contributed by atoms with Crippen molar-refractivity contribution in [2.24, 2.45) is 10.7 Å². The van der Waals surface area contributed by atoms with Crippen LogP contribution in [0.4, 0.5) is 0 Å². The molecule has 3 N–H and O–H groups in total. The molecule has 0 bridgehead atoms. The summed E-state index contributed by atoms with van der Waals surface area (Å²) in [6, 6.07) is 9.58. The first-order valence-corrected chi connectivity index (χ1v) is 7.53. The van der Waals surface area contributed by atoms with E-state index in [0.717, 1.165) is 12.1 Å². The highest BCUT2D eigenvalue weighted by molar-refractivity contribution is 7.09. The number of ether oxygens (including phenoxy) is 1. The molecule has 1 aliphatic rings. The number of guanidine groups is 1. The highest BCUT2D eigenvalue weighted by Crippen LogP contribution is 2.33. The molecule has 0 radical (unpaired) electrons. The summed E-state index contributed by atoms with van der Waals surface area (Å²) in [6.07, 6.45) is 0. The van der Waals surface area contributed by atoms with Crippen LogP contribution in [0, 0.1) is 0 Å². The summed E-state index contributed by atoms with van der Waals surface area (Å²) >= 11 is 1.70. The van der Waals surface area contributed by atoms with Gasteiger partial charge in [-0.1, -0.05) is 12.1 Å². The number of rotatable bonds is 4. The molecule has 5 nitrogen and oxygen atoms in total. The van der Waals surface area contributed by atoms with Crippen molar-refractivity contribution in [1.82, 2.24) is 4.90 Å². The fourth-order valence-corrected chi connectivity index (χ4v) is 3.19. The van der Waals surface area contributed by atoms with Crippen LogP contribution in [0.5, 0.6) is 11.5 Å². The van der Waals surface area contributed by atoms with E-state index < -0.39 is 0 Å².